The lowest BCUT2D eigenvalue weighted by Crippen LogP contribution is -2.54. The predicted octanol–water partition coefficient (Wildman–Crippen LogP) is 2.98. The van der Waals surface area contributed by atoms with Gasteiger partial charge in [0, 0.05) is 37.5 Å². The van der Waals surface area contributed by atoms with E-state index in [4.69, 9.17) is 0 Å². The number of hydrogen-bond donors (Lipinski definition) is 2. The second kappa shape index (κ2) is 10.4. The number of halogens is 1. The van der Waals surface area contributed by atoms with E-state index in [1.165, 1.54) is 6.07 Å². The molecule has 6 nitrogen and oxygen atoms in total. The monoisotopic (exact) mass is 439 g/mol. The standard InChI is InChI=1S/C25H30FN3O3/c1-4-16(2)25(32)29-15-20-8-6-5-7-18(20)14-22(29)24(31)28-12-11-27-23(30)19-10-9-17(3)21(26)13-19/h5-10,13,16,22H,4,11-12,14-15H2,1-3H3,(H,27,30)(H,28,31). The van der Waals surface area contributed by atoms with Crippen LogP contribution in [0.25, 0.3) is 0 Å². The van der Waals surface area contributed by atoms with Gasteiger partial charge >= 0.3 is 0 Å². The highest BCUT2D eigenvalue weighted by Gasteiger charge is 2.35. The van der Waals surface area contributed by atoms with Crippen LogP contribution in [0.5, 0.6) is 0 Å². The van der Waals surface area contributed by atoms with Gasteiger partial charge in [0.05, 0.1) is 0 Å². The lowest BCUT2D eigenvalue weighted by atomic mass is 9.92. The van der Waals surface area contributed by atoms with E-state index in [2.05, 4.69) is 10.6 Å². The predicted molar refractivity (Wildman–Crippen MR) is 120 cm³/mol. The molecule has 7 heteroatoms. The minimum atomic E-state index is -0.590. The van der Waals surface area contributed by atoms with E-state index in [-0.39, 0.29) is 36.4 Å². The fourth-order valence-corrected chi connectivity index (χ4v) is 3.76. The van der Waals surface area contributed by atoms with Crippen molar-refractivity contribution in [2.75, 3.05) is 13.1 Å². The number of aryl methyl sites for hydroxylation is 1. The Bertz CT molecular complexity index is 1010. The number of carbonyl (C=O) groups is 3. The molecule has 0 saturated carbocycles. The van der Waals surface area contributed by atoms with Crippen LogP contribution in [0.2, 0.25) is 0 Å². The van der Waals surface area contributed by atoms with Crippen molar-refractivity contribution in [3.05, 3.63) is 70.5 Å². The summed E-state index contributed by atoms with van der Waals surface area (Å²) < 4.78 is 13.7. The van der Waals surface area contributed by atoms with Crippen LogP contribution in [0.15, 0.2) is 42.5 Å². The Morgan fingerprint density at radius 1 is 1.09 bits per heavy atom. The zero-order chi connectivity index (χ0) is 23.3. The average molecular weight is 440 g/mol. The van der Waals surface area contributed by atoms with Gasteiger partial charge in [-0.3, -0.25) is 14.4 Å². The number of fused-ring (bicyclic) bond motifs is 1. The van der Waals surface area contributed by atoms with Crippen LogP contribution in [0.4, 0.5) is 4.39 Å². The second-order valence-corrected chi connectivity index (χ2v) is 8.27. The highest BCUT2D eigenvalue weighted by molar-refractivity contribution is 5.94. The SMILES string of the molecule is CCC(C)C(=O)N1Cc2ccccc2CC1C(=O)NCCNC(=O)c1ccc(C)c(F)c1. The molecular formula is C25H30FN3O3. The molecule has 170 valence electrons. The van der Waals surface area contributed by atoms with Crippen molar-refractivity contribution < 1.29 is 18.8 Å². The third-order valence-corrected chi connectivity index (χ3v) is 6.01. The van der Waals surface area contributed by atoms with Crippen LogP contribution in [0, 0.1) is 18.7 Å². The van der Waals surface area contributed by atoms with E-state index in [1.54, 1.807) is 24.0 Å². The maximum atomic E-state index is 13.7. The van der Waals surface area contributed by atoms with Crippen molar-refractivity contribution in [3.8, 4) is 0 Å². The number of hydrogen-bond acceptors (Lipinski definition) is 3. The van der Waals surface area contributed by atoms with Crippen molar-refractivity contribution in [2.45, 2.75) is 46.2 Å². The third kappa shape index (κ3) is 5.33. The Morgan fingerprint density at radius 2 is 1.78 bits per heavy atom. The summed E-state index contributed by atoms with van der Waals surface area (Å²) in [6.45, 7) is 6.28. The van der Waals surface area contributed by atoms with E-state index in [0.717, 1.165) is 11.1 Å². The molecule has 2 atom stereocenters. The summed E-state index contributed by atoms with van der Waals surface area (Å²) in [5.74, 6) is -1.28. The molecule has 2 aromatic carbocycles. The highest BCUT2D eigenvalue weighted by Crippen LogP contribution is 2.25. The first-order chi connectivity index (χ1) is 15.3. The summed E-state index contributed by atoms with van der Waals surface area (Å²) in [5.41, 5.74) is 2.83. The van der Waals surface area contributed by atoms with E-state index in [1.807, 2.05) is 38.1 Å². The van der Waals surface area contributed by atoms with Crippen LogP contribution in [0.1, 0.15) is 47.3 Å². The van der Waals surface area contributed by atoms with Gasteiger partial charge in [-0.2, -0.15) is 0 Å². The molecule has 0 fully saturated rings. The van der Waals surface area contributed by atoms with Crippen LogP contribution < -0.4 is 10.6 Å². The minimum Gasteiger partial charge on any atom is -0.353 e. The van der Waals surface area contributed by atoms with Gasteiger partial charge in [0.25, 0.3) is 5.91 Å². The zero-order valence-electron chi connectivity index (χ0n) is 18.8. The summed E-state index contributed by atoms with van der Waals surface area (Å²) >= 11 is 0. The first kappa shape index (κ1) is 23.4. The molecule has 1 heterocycles. The summed E-state index contributed by atoms with van der Waals surface area (Å²) in [4.78, 5) is 39.8. The largest absolute Gasteiger partial charge is 0.353 e. The van der Waals surface area contributed by atoms with Gasteiger partial charge in [-0.25, -0.2) is 4.39 Å². The molecule has 0 bridgehead atoms. The molecular weight excluding hydrogens is 409 g/mol. The molecule has 2 aromatic rings. The summed E-state index contributed by atoms with van der Waals surface area (Å²) in [5, 5.41) is 5.51. The first-order valence-electron chi connectivity index (χ1n) is 11.0. The van der Waals surface area contributed by atoms with Gasteiger partial charge in [-0.15, -0.1) is 0 Å². The number of benzene rings is 2. The fraction of sp³-hybridized carbons (Fsp3) is 0.400. The molecule has 32 heavy (non-hydrogen) atoms. The topological polar surface area (TPSA) is 78.5 Å². The van der Waals surface area contributed by atoms with E-state index < -0.39 is 17.8 Å². The maximum Gasteiger partial charge on any atom is 0.251 e. The molecule has 0 spiro atoms. The van der Waals surface area contributed by atoms with Crippen molar-refractivity contribution in [1.82, 2.24) is 15.5 Å². The van der Waals surface area contributed by atoms with Crippen LogP contribution in [-0.2, 0) is 22.6 Å². The van der Waals surface area contributed by atoms with Crippen molar-refractivity contribution in [3.63, 3.8) is 0 Å². The molecule has 2 N–H and O–H groups in total. The number of rotatable bonds is 7. The summed E-state index contributed by atoms with van der Waals surface area (Å²) in [7, 11) is 0. The molecule has 1 aliphatic rings. The molecule has 2 unspecified atom stereocenters. The Labute approximate surface area is 188 Å². The van der Waals surface area contributed by atoms with Crippen molar-refractivity contribution >= 4 is 17.7 Å². The van der Waals surface area contributed by atoms with Gasteiger partial charge in [-0.1, -0.05) is 44.2 Å². The Balaban J connectivity index is 1.60. The molecule has 0 aromatic heterocycles. The van der Waals surface area contributed by atoms with Gasteiger partial charge < -0.3 is 15.5 Å². The van der Waals surface area contributed by atoms with Crippen LogP contribution in [-0.4, -0.2) is 41.8 Å². The average Bonchev–Trinajstić information content (AvgIpc) is 2.81. The number of carbonyl (C=O) groups excluding carboxylic acids is 3. The normalized spacial score (nSPS) is 16.1. The second-order valence-electron chi connectivity index (χ2n) is 8.27. The Hall–Kier alpha value is -3.22. The van der Waals surface area contributed by atoms with E-state index >= 15 is 0 Å². The molecule has 3 rings (SSSR count). The molecule has 3 amide bonds. The van der Waals surface area contributed by atoms with Gasteiger partial charge in [-0.05, 0) is 42.2 Å². The quantitative estimate of drug-likeness (QED) is 0.651. The van der Waals surface area contributed by atoms with Crippen LogP contribution >= 0.6 is 0 Å². The number of nitrogens with one attached hydrogen (secondary N) is 2. The van der Waals surface area contributed by atoms with E-state index in [0.29, 0.717) is 24.9 Å². The van der Waals surface area contributed by atoms with Crippen molar-refractivity contribution in [1.29, 1.82) is 0 Å². The third-order valence-electron chi connectivity index (χ3n) is 6.01. The minimum absolute atomic E-state index is 0.0307. The Kier molecular flexibility index (Phi) is 7.62. The number of nitrogens with zero attached hydrogens (tertiary/aromatic N) is 1. The van der Waals surface area contributed by atoms with Gasteiger partial charge in [0.15, 0.2) is 0 Å². The van der Waals surface area contributed by atoms with E-state index in [9.17, 15) is 18.8 Å². The lowest BCUT2D eigenvalue weighted by Gasteiger charge is -2.37. The fourth-order valence-electron chi connectivity index (χ4n) is 3.76. The molecule has 0 aliphatic carbocycles. The van der Waals surface area contributed by atoms with Crippen LogP contribution in [0.3, 0.4) is 0 Å². The van der Waals surface area contributed by atoms with Crippen molar-refractivity contribution in [2.24, 2.45) is 5.92 Å². The molecule has 0 saturated heterocycles. The lowest BCUT2D eigenvalue weighted by molar-refractivity contribution is -0.144. The van der Waals surface area contributed by atoms with Gasteiger partial charge in [0.1, 0.15) is 11.9 Å². The molecule has 0 radical (unpaired) electrons. The summed E-state index contributed by atoms with van der Waals surface area (Å²) in [6.07, 6.45) is 1.16. The summed E-state index contributed by atoms with van der Waals surface area (Å²) in [6, 6.07) is 11.6. The Morgan fingerprint density at radius 3 is 2.47 bits per heavy atom. The maximum absolute atomic E-state index is 13.7. The number of amides is 3. The smallest absolute Gasteiger partial charge is 0.251 e. The van der Waals surface area contributed by atoms with Gasteiger partial charge in [0.2, 0.25) is 11.8 Å². The first-order valence-corrected chi connectivity index (χ1v) is 11.0. The zero-order valence-corrected chi connectivity index (χ0v) is 18.8. The highest BCUT2D eigenvalue weighted by atomic mass is 19.1. The molecule has 1 aliphatic heterocycles.